The average Bonchev–Trinajstić information content (AvgIpc) is 2.87. The first kappa shape index (κ1) is 14.5. The van der Waals surface area contributed by atoms with Crippen LogP contribution in [0.2, 0.25) is 0 Å². The van der Waals surface area contributed by atoms with Crippen LogP contribution in [-0.2, 0) is 11.2 Å². The molecule has 0 saturated carbocycles. The second-order valence-electron chi connectivity index (χ2n) is 4.99. The summed E-state index contributed by atoms with van der Waals surface area (Å²) in [6, 6.07) is 0.262. The van der Waals surface area contributed by atoms with E-state index in [1.54, 1.807) is 5.38 Å². The van der Waals surface area contributed by atoms with E-state index in [9.17, 15) is 4.79 Å². The molecule has 2 aromatic rings. The van der Waals surface area contributed by atoms with Gasteiger partial charge in [0.15, 0.2) is 5.13 Å². The van der Waals surface area contributed by atoms with Crippen LogP contribution in [0, 0.1) is 13.8 Å². The Morgan fingerprint density at radius 2 is 2.20 bits per heavy atom. The molecule has 2 heterocycles. The van der Waals surface area contributed by atoms with E-state index in [0.29, 0.717) is 10.8 Å². The fraction of sp³-hybridized carbons (Fsp3) is 0.462. The number of thiazole rings is 1. The lowest BCUT2D eigenvalue weighted by Gasteiger charge is -2.09. The summed E-state index contributed by atoms with van der Waals surface area (Å²) in [5.41, 5.74) is 8.81. The molecular weight excluding hydrogens is 274 g/mol. The Kier molecular flexibility index (Phi) is 4.08. The number of hydrogen-bond acceptors (Lipinski definition) is 5. The monoisotopic (exact) mass is 293 g/mol. The van der Waals surface area contributed by atoms with Crippen molar-refractivity contribution in [2.24, 2.45) is 0 Å². The maximum atomic E-state index is 12.1. The molecule has 0 unspecified atom stereocenters. The molecule has 2 aromatic heterocycles. The van der Waals surface area contributed by atoms with Crippen LogP contribution in [-0.4, -0.2) is 20.7 Å². The third-order valence-electron chi connectivity index (χ3n) is 2.99. The van der Waals surface area contributed by atoms with E-state index in [4.69, 9.17) is 5.73 Å². The van der Waals surface area contributed by atoms with E-state index < -0.39 is 0 Å². The van der Waals surface area contributed by atoms with Gasteiger partial charge >= 0.3 is 0 Å². The van der Waals surface area contributed by atoms with E-state index in [2.05, 4.69) is 29.2 Å². The van der Waals surface area contributed by atoms with Gasteiger partial charge in [0.25, 0.3) is 0 Å². The summed E-state index contributed by atoms with van der Waals surface area (Å²) in [6.07, 6.45) is 0.222. The number of carbonyl (C=O) groups is 1. The van der Waals surface area contributed by atoms with Gasteiger partial charge in [0.2, 0.25) is 5.91 Å². The predicted octanol–water partition coefficient (Wildman–Crippen LogP) is 2.30. The summed E-state index contributed by atoms with van der Waals surface area (Å²) < 4.78 is 1.91. The number of hydrogen-bond donors (Lipinski definition) is 2. The zero-order valence-corrected chi connectivity index (χ0v) is 12.9. The Balaban J connectivity index is 2.12. The zero-order valence-electron chi connectivity index (χ0n) is 12.1. The molecule has 3 N–H and O–H groups in total. The van der Waals surface area contributed by atoms with Gasteiger partial charge in [0.1, 0.15) is 0 Å². The van der Waals surface area contributed by atoms with Crippen molar-refractivity contribution in [2.45, 2.75) is 40.2 Å². The normalized spacial score (nSPS) is 11.1. The van der Waals surface area contributed by atoms with Gasteiger partial charge in [-0.2, -0.15) is 5.10 Å². The maximum Gasteiger partial charge on any atom is 0.230 e. The largest absolute Gasteiger partial charge is 0.375 e. The molecule has 0 bridgehead atoms. The summed E-state index contributed by atoms with van der Waals surface area (Å²) in [7, 11) is 0. The van der Waals surface area contributed by atoms with E-state index >= 15 is 0 Å². The van der Waals surface area contributed by atoms with Crippen molar-refractivity contribution in [2.75, 3.05) is 11.1 Å². The van der Waals surface area contributed by atoms with Crippen molar-refractivity contribution >= 4 is 28.1 Å². The summed E-state index contributed by atoms with van der Waals surface area (Å²) in [5, 5.41) is 9.63. The molecule has 0 aliphatic carbocycles. The Hall–Kier alpha value is -1.89. The molecule has 108 valence electrons. The molecule has 0 fully saturated rings. The van der Waals surface area contributed by atoms with Crippen LogP contribution in [0.25, 0.3) is 0 Å². The first-order valence-electron chi connectivity index (χ1n) is 6.44. The Labute approximate surface area is 122 Å². The molecule has 6 nitrogen and oxygen atoms in total. The van der Waals surface area contributed by atoms with E-state index in [0.717, 1.165) is 17.1 Å². The van der Waals surface area contributed by atoms with Gasteiger partial charge < -0.3 is 11.1 Å². The highest BCUT2D eigenvalue weighted by molar-refractivity contribution is 7.13. The smallest absolute Gasteiger partial charge is 0.230 e. The number of aryl methyl sites for hydroxylation is 1. The maximum absolute atomic E-state index is 12.1. The van der Waals surface area contributed by atoms with Gasteiger partial charge in [-0.15, -0.1) is 11.3 Å². The van der Waals surface area contributed by atoms with Crippen molar-refractivity contribution in [3.05, 3.63) is 22.5 Å². The van der Waals surface area contributed by atoms with Crippen LogP contribution in [0.4, 0.5) is 10.8 Å². The van der Waals surface area contributed by atoms with Gasteiger partial charge in [-0.1, -0.05) is 0 Å². The minimum Gasteiger partial charge on any atom is -0.375 e. The van der Waals surface area contributed by atoms with Crippen LogP contribution >= 0.6 is 11.3 Å². The highest BCUT2D eigenvalue weighted by Crippen LogP contribution is 2.22. The lowest BCUT2D eigenvalue weighted by atomic mass is 10.2. The second kappa shape index (κ2) is 5.62. The lowest BCUT2D eigenvalue weighted by Crippen LogP contribution is -2.16. The third kappa shape index (κ3) is 2.98. The average molecular weight is 293 g/mol. The molecule has 0 radical (unpaired) electrons. The standard InChI is InChI=1S/C13H19N5OS/c1-7(2)18-9(4)12(8(3)17-18)16-11(19)5-10-6-20-13(14)15-10/h6-7H,5H2,1-4H3,(H2,14,15)(H,16,19). The number of nitrogen functional groups attached to an aromatic ring is 1. The van der Waals surface area contributed by atoms with E-state index in [1.165, 1.54) is 11.3 Å². The number of nitrogens with zero attached hydrogens (tertiary/aromatic N) is 3. The van der Waals surface area contributed by atoms with Crippen LogP contribution in [0.1, 0.15) is 37.0 Å². The fourth-order valence-corrected chi connectivity index (χ4v) is 2.66. The van der Waals surface area contributed by atoms with Gasteiger partial charge in [-0.05, 0) is 27.7 Å². The van der Waals surface area contributed by atoms with Crippen molar-refractivity contribution in [1.29, 1.82) is 0 Å². The van der Waals surface area contributed by atoms with Crippen LogP contribution in [0.15, 0.2) is 5.38 Å². The van der Waals surface area contributed by atoms with E-state index in [1.807, 2.05) is 18.5 Å². The second-order valence-corrected chi connectivity index (χ2v) is 5.88. The van der Waals surface area contributed by atoms with E-state index in [-0.39, 0.29) is 18.4 Å². The quantitative estimate of drug-likeness (QED) is 0.905. The molecule has 0 aliphatic rings. The van der Waals surface area contributed by atoms with Crippen molar-refractivity contribution in [3.63, 3.8) is 0 Å². The number of nitrogens with one attached hydrogen (secondary N) is 1. The van der Waals surface area contributed by atoms with Crippen LogP contribution in [0.3, 0.4) is 0 Å². The molecule has 1 amide bonds. The zero-order chi connectivity index (χ0) is 14.9. The summed E-state index contributed by atoms with van der Waals surface area (Å²) in [5.74, 6) is -0.107. The molecular formula is C13H19N5OS. The van der Waals surface area contributed by atoms with Gasteiger partial charge in [0.05, 0.1) is 29.2 Å². The first-order valence-corrected chi connectivity index (χ1v) is 7.32. The van der Waals surface area contributed by atoms with Gasteiger partial charge in [-0.3, -0.25) is 9.48 Å². The highest BCUT2D eigenvalue weighted by atomic mass is 32.1. The van der Waals surface area contributed by atoms with Crippen LogP contribution < -0.4 is 11.1 Å². The summed E-state index contributed by atoms with van der Waals surface area (Å²) in [6.45, 7) is 7.96. The van der Waals surface area contributed by atoms with Gasteiger partial charge in [-0.25, -0.2) is 4.98 Å². The van der Waals surface area contributed by atoms with Crippen LogP contribution in [0.5, 0.6) is 0 Å². The van der Waals surface area contributed by atoms with Gasteiger partial charge in [0, 0.05) is 11.4 Å². The molecule has 7 heteroatoms. The van der Waals surface area contributed by atoms with Crippen molar-refractivity contribution < 1.29 is 4.79 Å². The molecule has 0 saturated heterocycles. The minimum absolute atomic E-state index is 0.107. The first-order chi connectivity index (χ1) is 9.38. The molecule has 20 heavy (non-hydrogen) atoms. The Morgan fingerprint density at radius 1 is 1.50 bits per heavy atom. The van der Waals surface area contributed by atoms with Crippen molar-refractivity contribution in [3.8, 4) is 0 Å². The lowest BCUT2D eigenvalue weighted by molar-refractivity contribution is -0.115. The molecule has 0 aromatic carbocycles. The summed E-state index contributed by atoms with van der Waals surface area (Å²) in [4.78, 5) is 16.1. The number of carbonyl (C=O) groups excluding carboxylic acids is 1. The molecule has 0 atom stereocenters. The molecule has 0 spiro atoms. The molecule has 2 rings (SSSR count). The Bertz CT molecular complexity index is 629. The number of amides is 1. The minimum atomic E-state index is -0.107. The fourth-order valence-electron chi connectivity index (χ4n) is 2.10. The number of anilines is 2. The third-order valence-corrected chi connectivity index (χ3v) is 3.71. The van der Waals surface area contributed by atoms with Crippen molar-refractivity contribution in [1.82, 2.24) is 14.8 Å². The topological polar surface area (TPSA) is 85.8 Å². The Morgan fingerprint density at radius 3 is 2.70 bits per heavy atom. The number of rotatable bonds is 4. The SMILES string of the molecule is Cc1nn(C(C)C)c(C)c1NC(=O)Cc1csc(N)n1. The predicted molar refractivity (Wildman–Crippen MR) is 80.9 cm³/mol. The highest BCUT2D eigenvalue weighted by Gasteiger charge is 2.16. The molecule has 0 aliphatic heterocycles. The number of aromatic nitrogens is 3. The number of nitrogens with two attached hydrogens (primary N) is 1. The summed E-state index contributed by atoms with van der Waals surface area (Å²) >= 11 is 1.34.